The highest BCUT2D eigenvalue weighted by Crippen LogP contribution is 2.22. The van der Waals surface area contributed by atoms with Gasteiger partial charge in [0, 0.05) is 10.2 Å². The Morgan fingerprint density at radius 1 is 1.57 bits per heavy atom. The molecule has 0 aliphatic heterocycles. The lowest BCUT2D eigenvalue weighted by Gasteiger charge is -2.15. The topological polar surface area (TPSA) is 55.1 Å². The first kappa shape index (κ1) is 11.0. The zero-order valence-corrected chi connectivity index (χ0v) is 9.54. The monoisotopic (exact) mass is 256 g/mol. The van der Waals surface area contributed by atoms with Crippen LogP contribution < -0.4 is 11.1 Å². The number of rotatable bonds is 4. The van der Waals surface area contributed by atoms with E-state index in [1.165, 1.54) is 0 Å². The molecule has 0 radical (unpaired) electrons. The SMILES string of the molecule is CC[C@@H](Nc1ccccc1Br)C(N)=O. The number of carbonyl (C=O) groups is 1. The van der Waals surface area contributed by atoms with Crippen LogP contribution in [0.15, 0.2) is 28.7 Å². The van der Waals surface area contributed by atoms with E-state index in [2.05, 4.69) is 21.2 Å². The number of primary amides is 1. The predicted octanol–water partition coefficient (Wildman–Crippen LogP) is 2.12. The van der Waals surface area contributed by atoms with Crippen LogP contribution in [0.3, 0.4) is 0 Å². The summed E-state index contributed by atoms with van der Waals surface area (Å²) in [7, 11) is 0. The van der Waals surface area contributed by atoms with Crippen molar-refractivity contribution in [3.8, 4) is 0 Å². The molecule has 3 nitrogen and oxygen atoms in total. The predicted molar refractivity (Wildman–Crippen MR) is 61.0 cm³/mol. The molecular formula is C10H13BrN2O. The Labute approximate surface area is 91.8 Å². The second-order valence-electron chi connectivity index (χ2n) is 2.99. The summed E-state index contributed by atoms with van der Waals surface area (Å²) >= 11 is 3.39. The van der Waals surface area contributed by atoms with E-state index < -0.39 is 0 Å². The molecule has 14 heavy (non-hydrogen) atoms. The van der Waals surface area contributed by atoms with Crippen molar-refractivity contribution in [1.29, 1.82) is 0 Å². The number of nitrogens with two attached hydrogens (primary N) is 1. The standard InChI is InChI=1S/C10H13BrN2O/c1-2-8(10(12)14)13-9-6-4-3-5-7(9)11/h3-6,8,13H,2H2,1H3,(H2,12,14)/t8-/m1/s1. The second kappa shape index (κ2) is 5.00. The fraction of sp³-hybridized carbons (Fsp3) is 0.300. The summed E-state index contributed by atoms with van der Waals surface area (Å²) in [5.41, 5.74) is 6.12. The fourth-order valence-electron chi connectivity index (χ4n) is 1.14. The van der Waals surface area contributed by atoms with Crippen LogP contribution in [0.5, 0.6) is 0 Å². The van der Waals surface area contributed by atoms with Gasteiger partial charge in [-0.3, -0.25) is 4.79 Å². The van der Waals surface area contributed by atoms with Crippen molar-refractivity contribution < 1.29 is 4.79 Å². The zero-order chi connectivity index (χ0) is 10.6. The van der Waals surface area contributed by atoms with Gasteiger partial charge in [0.15, 0.2) is 0 Å². The highest BCUT2D eigenvalue weighted by Gasteiger charge is 2.12. The number of hydrogen-bond acceptors (Lipinski definition) is 2. The Morgan fingerprint density at radius 3 is 2.71 bits per heavy atom. The summed E-state index contributed by atoms with van der Waals surface area (Å²) in [4.78, 5) is 11.0. The number of benzene rings is 1. The summed E-state index contributed by atoms with van der Waals surface area (Å²) in [6.45, 7) is 1.92. The Balaban J connectivity index is 2.77. The molecule has 0 bridgehead atoms. The molecule has 0 saturated carbocycles. The van der Waals surface area contributed by atoms with Gasteiger partial charge in [-0.05, 0) is 34.5 Å². The quantitative estimate of drug-likeness (QED) is 0.868. The molecule has 0 unspecified atom stereocenters. The molecule has 76 valence electrons. The van der Waals surface area contributed by atoms with Crippen LogP contribution in [0.2, 0.25) is 0 Å². The minimum Gasteiger partial charge on any atom is -0.373 e. The average molecular weight is 257 g/mol. The van der Waals surface area contributed by atoms with Crippen molar-refractivity contribution in [2.45, 2.75) is 19.4 Å². The lowest BCUT2D eigenvalue weighted by atomic mass is 10.2. The van der Waals surface area contributed by atoms with E-state index in [4.69, 9.17) is 5.73 Å². The number of hydrogen-bond donors (Lipinski definition) is 2. The van der Waals surface area contributed by atoms with Gasteiger partial charge in [-0.2, -0.15) is 0 Å². The summed E-state index contributed by atoms with van der Waals surface area (Å²) in [5.74, 6) is -0.330. The lowest BCUT2D eigenvalue weighted by Crippen LogP contribution is -2.34. The van der Waals surface area contributed by atoms with Crippen LogP contribution in [-0.2, 0) is 4.79 Å². The maximum atomic E-state index is 11.0. The minimum atomic E-state index is -0.330. The first-order valence-electron chi connectivity index (χ1n) is 4.45. The highest BCUT2D eigenvalue weighted by molar-refractivity contribution is 9.10. The molecule has 1 aromatic carbocycles. The lowest BCUT2D eigenvalue weighted by molar-refractivity contribution is -0.118. The number of para-hydroxylation sites is 1. The molecule has 1 rings (SSSR count). The van der Waals surface area contributed by atoms with Crippen molar-refractivity contribution in [2.24, 2.45) is 5.73 Å². The minimum absolute atomic E-state index is 0.311. The van der Waals surface area contributed by atoms with Crippen molar-refractivity contribution in [1.82, 2.24) is 0 Å². The molecule has 3 N–H and O–H groups in total. The third kappa shape index (κ3) is 2.73. The molecule has 1 atom stereocenters. The summed E-state index contributed by atoms with van der Waals surface area (Å²) in [6.07, 6.45) is 0.677. The maximum absolute atomic E-state index is 11.0. The molecule has 0 aliphatic rings. The molecule has 0 aliphatic carbocycles. The van der Waals surface area contributed by atoms with Crippen molar-refractivity contribution in [3.63, 3.8) is 0 Å². The van der Waals surface area contributed by atoms with Crippen LogP contribution in [-0.4, -0.2) is 11.9 Å². The Kier molecular flexibility index (Phi) is 3.95. The van der Waals surface area contributed by atoms with Gasteiger partial charge in [0.1, 0.15) is 6.04 Å². The smallest absolute Gasteiger partial charge is 0.239 e. The van der Waals surface area contributed by atoms with Crippen LogP contribution in [0, 0.1) is 0 Å². The van der Waals surface area contributed by atoms with E-state index in [0.29, 0.717) is 6.42 Å². The van der Waals surface area contributed by atoms with Gasteiger partial charge in [-0.15, -0.1) is 0 Å². The maximum Gasteiger partial charge on any atom is 0.239 e. The van der Waals surface area contributed by atoms with Crippen molar-refractivity contribution in [3.05, 3.63) is 28.7 Å². The molecule has 0 aromatic heterocycles. The molecule has 0 spiro atoms. The molecule has 1 aromatic rings. The van der Waals surface area contributed by atoms with Crippen LogP contribution in [0.4, 0.5) is 5.69 Å². The van der Waals surface area contributed by atoms with E-state index in [1.54, 1.807) is 0 Å². The van der Waals surface area contributed by atoms with E-state index in [-0.39, 0.29) is 11.9 Å². The molecule has 4 heteroatoms. The molecule has 0 saturated heterocycles. The first-order chi connectivity index (χ1) is 6.65. The molecule has 1 amide bonds. The van der Waals surface area contributed by atoms with Gasteiger partial charge in [0.2, 0.25) is 5.91 Å². The highest BCUT2D eigenvalue weighted by atomic mass is 79.9. The van der Waals surface area contributed by atoms with Crippen molar-refractivity contribution >= 4 is 27.5 Å². The van der Waals surface area contributed by atoms with Gasteiger partial charge < -0.3 is 11.1 Å². The van der Waals surface area contributed by atoms with E-state index in [9.17, 15) is 4.79 Å². The summed E-state index contributed by atoms with van der Waals surface area (Å²) in [6, 6.07) is 7.32. The third-order valence-corrected chi connectivity index (χ3v) is 2.65. The Morgan fingerprint density at radius 2 is 2.21 bits per heavy atom. The zero-order valence-electron chi connectivity index (χ0n) is 7.96. The molecular weight excluding hydrogens is 244 g/mol. The molecule has 0 fully saturated rings. The van der Waals surface area contributed by atoms with Gasteiger partial charge in [0.25, 0.3) is 0 Å². The van der Waals surface area contributed by atoms with E-state index in [0.717, 1.165) is 10.2 Å². The first-order valence-corrected chi connectivity index (χ1v) is 5.24. The Bertz CT molecular complexity index is 328. The average Bonchev–Trinajstić information content (AvgIpc) is 2.16. The van der Waals surface area contributed by atoms with Crippen LogP contribution >= 0.6 is 15.9 Å². The summed E-state index contributed by atoms with van der Waals surface area (Å²) in [5, 5.41) is 3.07. The second-order valence-corrected chi connectivity index (χ2v) is 3.84. The number of nitrogens with one attached hydrogen (secondary N) is 1. The largest absolute Gasteiger partial charge is 0.373 e. The van der Waals surface area contributed by atoms with Crippen molar-refractivity contribution in [2.75, 3.05) is 5.32 Å². The van der Waals surface area contributed by atoms with E-state index >= 15 is 0 Å². The number of anilines is 1. The van der Waals surface area contributed by atoms with Crippen LogP contribution in [0.1, 0.15) is 13.3 Å². The van der Waals surface area contributed by atoms with E-state index in [1.807, 2.05) is 31.2 Å². The third-order valence-electron chi connectivity index (χ3n) is 1.96. The van der Waals surface area contributed by atoms with Gasteiger partial charge in [0.05, 0.1) is 0 Å². The van der Waals surface area contributed by atoms with Gasteiger partial charge in [-0.1, -0.05) is 19.1 Å². The number of amides is 1. The number of carbonyl (C=O) groups excluding carboxylic acids is 1. The fourth-order valence-corrected chi connectivity index (χ4v) is 1.54. The van der Waals surface area contributed by atoms with Crippen LogP contribution in [0.25, 0.3) is 0 Å². The summed E-state index contributed by atoms with van der Waals surface area (Å²) < 4.78 is 0.930. The molecule has 0 heterocycles. The Hall–Kier alpha value is -1.03. The van der Waals surface area contributed by atoms with Gasteiger partial charge >= 0.3 is 0 Å². The van der Waals surface area contributed by atoms with Gasteiger partial charge in [-0.25, -0.2) is 0 Å². The number of halogens is 1. The normalized spacial score (nSPS) is 12.1.